The molecule has 2 aromatic rings. The first-order chi connectivity index (χ1) is 45.2. The van der Waals surface area contributed by atoms with Crippen molar-refractivity contribution in [3.63, 3.8) is 0 Å². The highest BCUT2D eigenvalue weighted by Gasteiger charge is 2.42. The Morgan fingerprint density at radius 3 is 1.51 bits per heavy atom. The summed E-state index contributed by atoms with van der Waals surface area (Å²) in [5.41, 5.74) is 40.6. The molecule has 0 aromatic heterocycles. The number of amides is 13. The molecule has 0 saturated carbocycles. The molecule has 2 aliphatic heterocycles. The van der Waals surface area contributed by atoms with E-state index in [2.05, 4.69) is 47.5 Å². The minimum atomic E-state index is -1.64. The maximum absolute atomic E-state index is 14.7. The molecule has 2 aromatic carbocycles. The second kappa shape index (κ2) is 41.0. The van der Waals surface area contributed by atoms with Gasteiger partial charge in [0.05, 0.1) is 12.6 Å². The third kappa shape index (κ3) is 27.5. The van der Waals surface area contributed by atoms with Gasteiger partial charge in [-0.25, -0.2) is 0 Å². The van der Waals surface area contributed by atoms with Crippen molar-refractivity contribution < 1.29 is 62.3 Å². The summed E-state index contributed by atoms with van der Waals surface area (Å²) in [4.78, 5) is 185. The van der Waals surface area contributed by atoms with Crippen LogP contribution in [-0.4, -0.2) is 198 Å². The largest absolute Gasteiger partial charge is 0.370 e. The summed E-state index contributed by atoms with van der Waals surface area (Å²) in [6.07, 6.45) is 3.12. The highest BCUT2D eigenvalue weighted by molar-refractivity contribution is 7.98. The van der Waals surface area contributed by atoms with E-state index in [-0.39, 0.29) is 83.0 Å². The van der Waals surface area contributed by atoms with Crippen LogP contribution in [-0.2, 0) is 75.2 Å². The third-order valence-corrected chi connectivity index (χ3v) is 16.7. The maximum Gasteiger partial charge on any atom is 0.245 e. The molecular formula is C63H98N18O13S. The number of likely N-dealkylation sites (tertiary alicyclic amines) is 2. The Morgan fingerprint density at radius 2 is 1.01 bits per heavy atom. The van der Waals surface area contributed by atoms with Crippen LogP contribution in [0.4, 0.5) is 0 Å². The van der Waals surface area contributed by atoms with E-state index in [1.54, 1.807) is 60.7 Å². The van der Waals surface area contributed by atoms with E-state index in [4.69, 9.17) is 40.1 Å². The predicted molar refractivity (Wildman–Crippen MR) is 356 cm³/mol. The van der Waals surface area contributed by atoms with Gasteiger partial charge in [-0.2, -0.15) is 11.8 Å². The van der Waals surface area contributed by atoms with Crippen molar-refractivity contribution >= 4 is 94.5 Å². The molecule has 95 heavy (non-hydrogen) atoms. The van der Waals surface area contributed by atoms with Crippen LogP contribution in [0.5, 0.6) is 0 Å². The quantitative estimate of drug-likeness (QED) is 0.0173. The smallest absolute Gasteiger partial charge is 0.245 e. The second-order valence-electron chi connectivity index (χ2n) is 24.1. The normalized spacial score (nSPS) is 16.8. The van der Waals surface area contributed by atoms with E-state index in [9.17, 15) is 62.3 Å². The lowest BCUT2D eigenvalue weighted by molar-refractivity contribution is -0.144. The molecule has 13 amide bonds. The van der Waals surface area contributed by atoms with Crippen LogP contribution in [0.2, 0.25) is 0 Å². The molecule has 2 aliphatic rings. The molecule has 31 nitrogen and oxygen atoms in total. The van der Waals surface area contributed by atoms with Gasteiger partial charge in [0.2, 0.25) is 76.8 Å². The summed E-state index contributed by atoms with van der Waals surface area (Å²) in [5.74, 6) is -9.80. The van der Waals surface area contributed by atoms with E-state index in [1.165, 1.54) is 21.6 Å². The number of hydrogen-bond donors (Lipinski definition) is 15. The van der Waals surface area contributed by atoms with Crippen molar-refractivity contribution in [1.82, 2.24) is 52.3 Å². The number of nitrogens with one attached hydrogen (secondary N) is 8. The van der Waals surface area contributed by atoms with E-state index < -0.39 is 169 Å². The number of carbonyl (C=O) groups is 13. The molecule has 0 spiro atoms. The molecule has 4 rings (SSSR count). The van der Waals surface area contributed by atoms with Crippen molar-refractivity contribution in [3.05, 3.63) is 71.8 Å². The van der Waals surface area contributed by atoms with E-state index in [0.29, 0.717) is 55.4 Å². The van der Waals surface area contributed by atoms with Gasteiger partial charge >= 0.3 is 0 Å². The number of unbranched alkanes of at least 4 members (excludes halogenated alkanes) is 1. The van der Waals surface area contributed by atoms with Crippen molar-refractivity contribution in [2.75, 3.05) is 44.7 Å². The summed E-state index contributed by atoms with van der Waals surface area (Å²) < 4.78 is 0. The van der Waals surface area contributed by atoms with Crippen LogP contribution in [0.25, 0.3) is 0 Å². The Balaban J connectivity index is 1.56. The summed E-state index contributed by atoms with van der Waals surface area (Å²) >= 11 is 1.45. The molecule has 10 atom stereocenters. The van der Waals surface area contributed by atoms with Crippen molar-refractivity contribution in [2.45, 2.75) is 183 Å². The zero-order valence-electron chi connectivity index (χ0n) is 54.5. The number of thioether (sulfide) groups is 1. The average molecular weight is 1350 g/mol. The predicted octanol–water partition coefficient (Wildman–Crippen LogP) is -3.71. The summed E-state index contributed by atoms with van der Waals surface area (Å²) in [7, 11) is 0. The molecule has 2 saturated heterocycles. The number of primary amides is 3. The first-order valence-electron chi connectivity index (χ1n) is 32.2. The summed E-state index contributed by atoms with van der Waals surface area (Å²) in [6.45, 7) is 3.86. The molecular weight excluding hydrogens is 1250 g/mol. The van der Waals surface area contributed by atoms with E-state index in [0.717, 1.165) is 0 Å². The van der Waals surface area contributed by atoms with Gasteiger partial charge in [-0.15, -0.1) is 0 Å². The number of guanidine groups is 1. The number of nitrogens with zero attached hydrogens (tertiary/aromatic N) is 3. The van der Waals surface area contributed by atoms with Crippen LogP contribution in [0.1, 0.15) is 121 Å². The van der Waals surface area contributed by atoms with Crippen LogP contribution < -0.4 is 82.7 Å². The molecule has 524 valence electrons. The van der Waals surface area contributed by atoms with Crippen LogP contribution >= 0.6 is 11.8 Å². The molecule has 2 fully saturated rings. The van der Waals surface area contributed by atoms with E-state index in [1.807, 2.05) is 20.1 Å². The molecule has 0 unspecified atom stereocenters. The summed E-state index contributed by atoms with van der Waals surface area (Å²) in [5, 5.41) is 21.1. The van der Waals surface area contributed by atoms with Crippen molar-refractivity contribution in [1.29, 1.82) is 0 Å². The number of carbonyl (C=O) groups excluding carboxylic acids is 13. The molecule has 2 heterocycles. The van der Waals surface area contributed by atoms with Crippen molar-refractivity contribution in [3.8, 4) is 0 Å². The number of aliphatic imine (C=N–C) groups is 1. The minimum Gasteiger partial charge on any atom is -0.370 e. The number of nitrogens with two attached hydrogens (primary N) is 7. The third-order valence-electron chi connectivity index (χ3n) is 16.0. The van der Waals surface area contributed by atoms with Gasteiger partial charge in [0.25, 0.3) is 0 Å². The standard InChI is InChI=1S/C63H98N18O13S/c1-37(2)33-45(57(89)74-41(53(68)85)27-32-95-3)73-52(84)36-72-54(86)46(34-38-15-6-4-7-16-38)78-58(90)47(35-39-17-8-5-9-18-39)79-56(88)42(23-25-50(66)82)75-55(87)43(24-26-51(67)83)76-59(91)49-22-14-31-81(49)62(94)44(20-10-11-28-64)77-60(92)48-21-13-30-80(48)61(93)40(65)19-12-29-71-63(69)70/h4-9,15-18,37,40-49H,10-14,19-36,64-65H2,1-3H3,(H2,66,82)(H2,67,83)(H2,68,85)(H,72,86)(H,73,84)(H,74,89)(H,75,87)(H,76,91)(H,77,92)(H,78,90)(H,79,88)(H4,69,70,71)/t40-,41-,42-,43+,44-,45+,46+,47-,48-,49+/m0/s1. The molecule has 32 heteroatoms. The molecule has 0 aliphatic carbocycles. The number of rotatable bonds is 42. The monoisotopic (exact) mass is 1350 g/mol. The average Bonchev–Trinajstić information content (AvgIpc) is 1.74. The van der Waals surface area contributed by atoms with Gasteiger partial charge in [-0.3, -0.25) is 67.3 Å². The first kappa shape index (κ1) is 78.5. The zero-order chi connectivity index (χ0) is 70.1. The topological polar surface area (TPSA) is 519 Å². The van der Waals surface area contributed by atoms with Crippen LogP contribution in [0.3, 0.4) is 0 Å². The Morgan fingerprint density at radius 1 is 0.537 bits per heavy atom. The van der Waals surface area contributed by atoms with Gasteiger partial charge in [-0.1, -0.05) is 74.5 Å². The lowest BCUT2D eigenvalue weighted by Crippen LogP contribution is -2.60. The lowest BCUT2D eigenvalue weighted by atomic mass is 10.0. The Bertz CT molecular complexity index is 2960. The SMILES string of the molecule is CSCC[C@H](NC(=O)[C@@H](CC(C)C)NC(=O)CNC(=O)[C@@H](Cc1ccccc1)NC(=O)[C@H](Cc1ccccc1)NC(=O)[C@H](CCC(N)=O)NC(=O)[C@@H](CCC(N)=O)NC(=O)[C@H]1CCCN1C(=O)[C@H](CCCCN)NC(=O)[C@@H]1CCCN1C(=O)[C@@H](N)CCCN=C(N)N)C(N)=O. The first-order valence-corrected chi connectivity index (χ1v) is 33.6. The van der Waals surface area contributed by atoms with Gasteiger partial charge in [0, 0.05) is 45.3 Å². The lowest BCUT2D eigenvalue weighted by Gasteiger charge is -2.32. The van der Waals surface area contributed by atoms with Gasteiger partial charge in [0.1, 0.15) is 54.4 Å². The fraction of sp³-hybridized carbons (Fsp3) is 0.587. The minimum absolute atomic E-state index is 0.0736. The Kier molecular flexibility index (Phi) is 33.9. The number of benzene rings is 2. The zero-order valence-corrected chi connectivity index (χ0v) is 55.3. The van der Waals surface area contributed by atoms with Gasteiger partial charge < -0.3 is 92.5 Å². The van der Waals surface area contributed by atoms with Gasteiger partial charge in [0.15, 0.2) is 5.96 Å². The maximum atomic E-state index is 14.7. The Labute approximate surface area is 558 Å². The Hall–Kier alpha value is -8.91. The van der Waals surface area contributed by atoms with E-state index >= 15 is 0 Å². The molecule has 0 radical (unpaired) electrons. The van der Waals surface area contributed by atoms with Crippen LogP contribution in [0.15, 0.2) is 65.7 Å². The fourth-order valence-corrected chi connectivity index (χ4v) is 11.5. The van der Waals surface area contributed by atoms with Crippen LogP contribution in [0, 0.1) is 5.92 Å². The summed E-state index contributed by atoms with van der Waals surface area (Å²) in [6, 6.07) is 4.51. The second-order valence-corrected chi connectivity index (χ2v) is 25.1. The number of hydrogen-bond acceptors (Lipinski definition) is 17. The highest BCUT2D eigenvalue weighted by Crippen LogP contribution is 2.24. The molecule has 0 bridgehead atoms. The molecule has 22 N–H and O–H groups in total. The van der Waals surface area contributed by atoms with Crippen molar-refractivity contribution in [2.24, 2.45) is 51.0 Å². The fourth-order valence-electron chi connectivity index (χ4n) is 11.0. The highest BCUT2D eigenvalue weighted by atomic mass is 32.2. The van der Waals surface area contributed by atoms with Gasteiger partial charge in [-0.05, 0) is 119 Å².